The molecule has 5 rings (SSSR count). The van der Waals surface area contributed by atoms with Crippen LogP contribution in [0.3, 0.4) is 0 Å². The Labute approximate surface area is 156 Å². The number of likely N-dealkylation sites (tertiary alicyclic amines) is 1. The van der Waals surface area contributed by atoms with E-state index in [9.17, 15) is 15.0 Å². The minimum atomic E-state index is -0.447. The maximum absolute atomic E-state index is 13.1. The third kappa shape index (κ3) is 2.46. The molecule has 3 aromatic carbocycles. The molecule has 1 amide bonds. The van der Waals surface area contributed by atoms with Gasteiger partial charge in [-0.3, -0.25) is 4.79 Å². The molecule has 0 bridgehead atoms. The molecule has 5 nitrogen and oxygen atoms in total. The Morgan fingerprint density at radius 1 is 1.04 bits per heavy atom. The van der Waals surface area contributed by atoms with Crippen LogP contribution in [0.15, 0.2) is 54.6 Å². The van der Waals surface area contributed by atoms with Gasteiger partial charge in [-0.25, -0.2) is 0 Å². The third-order valence-corrected chi connectivity index (χ3v) is 5.70. The molecule has 0 aromatic heterocycles. The van der Waals surface area contributed by atoms with Crippen molar-refractivity contribution >= 4 is 16.7 Å². The molecule has 0 unspecified atom stereocenters. The predicted molar refractivity (Wildman–Crippen MR) is 101 cm³/mol. The smallest absolute Gasteiger partial charge is 0.257 e. The van der Waals surface area contributed by atoms with E-state index in [1.165, 1.54) is 5.56 Å². The van der Waals surface area contributed by atoms with Gasteiger partial charge in [0.1, 0.15) is 17.1 Å². The summed E-state index contributed by atoms with van der Waals surface area (Å²) in [5.41, 5.74) is 2.14. The summed E-state index contributed by atoms with van der Waals surface area (Å²) in [5.74, 6) is -0.142. The zero-order chi connectivity index (χ0) is 18.6. The van der Waals surface area contributed by atoms with E-state index in [0.717, 1.165) is 17.4 Å². The van der Waals surface area contributed by atoms with Gasteiger partial charge in [-0.2, -0.15) is 0 Å². The summed E-state index contributed by atoms with van der Waals surface area (Å²) in [5, 5.41) is 21.6. The van der Waals surface area contributed by atoms with Gasteiger partial charge in [-0.05, 0) is 52.6 Å². The molecular weight excluding hydrogens is 342 g/mol. The first-order valence-electron chi connectivity index (χ1n) is 9.03. The number of ether oxygens (including phenoxy) is 1. The van der Waals surface area contributed by atoms with Gasteiger partial charge < -0.3 is 19.8 Å². The van der Waals surface area contributed by atoms with Crippen molar-refractivity contribution in [2.75, 3.05) is 13.1 Å². The Morgan fingerprint density at radius 3 is 2.78 bits per heavy atom. The number of nitrogens with zero attached hydrogens (tertiary/aromatic N) is 1. The summed E-state index contributed by atoms with van der Waals surface area (Å²) in [6.45, 7) is 1.61. The number of hydrogen-bond donors (Lipinski definition) is 2. The monoisotopic (exact) mass is 361 g/mol. The van der Waals surface area contributed by atoms with Gasteiger partial charge in [-0.1, -0.05) is 30.3 Å². The molecule has 5 heteroatoms. The van der Waals surface area contributed by atoms with Gasteiger partial charge in [0.2, 0.25) is 0 Å². The van der Waals surface area contributed by atoms with E-state index in [0.29, 0.717) is 25.1 Å². The van der Waals surface area contributed by atoms with Crippen molar-refractivity contribution in [3.63, 3.8) is 0 Å². The van der Waals surface area contributed by atoms with Crippen LogP contribution in [0.25, 0.3) is 10.8 Å². The Kier molecular flexibility index (Phi) is 3.42. The molecule has 1 spiro atoms. The highest BCUT2D eigenvalue weighted by atomic mass is 16.5. The van der Waals surface area contributed by atoms with E-state index in [1.807, 2.05) is 12.1 Å². The quantitative estimate of drug-likeness (QED) is 0.696. The lowest BCUT2D eigenvalue weighted by Crippen LogP contribution is -2.34. The van der Waals surface area contributed by atoms with Crippen LogP contribution in [-0.4, -0.2) is 34.1 Å². The zero-order valence-corrected chi connectivity index (χ0v) is 14.7. The van der Waals surface area contributed by atoms with Crippen molar-refractivity contribution < 1.29 is 19.7 Å². The van der Waals surface area contributed by atoms with Crippen molar-refractivity contribution in [1.29, 1.82) is 0 Å². The van der Waals surface area contributed by atoms with Crippen LogP contribution in [-0.2, 0) is 16.9 Å². The highest BCUT2D eigenvalue weighted by molar-refractivity contribution is 6.02. The fourth-order valence-corrected chi connectivity index (χ4v) is 4.29. The van der Waals surface area contributed by atoms with Crippen molar-refractivity contribution in [3.05, 3.63) is 71.3 Å². The molecule has 2 N–H and O–H groups in total. The van der Waals surface area contributed by atoms with E-state index in [-0.39, 0.29) is 23.0 Å². The molecular formula is C22H19NO4. The molecule has 2 heterocycles. The van der Waals surface area contributed by atoms with Crippen LogP contribution in [0.5, 0.6) is 11.5 Å². The Hall–Kier alpha value is -3.05. The number of carbonyl (C=O) groups excluding carboxylic acids is 1. The van der Waals surface area contributed by atoms with Crippen molar-refractivity contribution in [3.8, 4) is 11.5 Å². The molecule has 1 atom stereocenters. The van der Waals surface area contributed by atoms with Crippen molar-refractivity contribution in [2.45, 2.75) is 18.6 Å². The summed E-state index contributed by atoms with van der Waals surface area (Å²) in [4.78, 5) is 14.8. The summed E-state index contributed by atoms with van der Waals surface area (Å²) >= 11 is 0. The standard InChI is InChI=1S/C22H19NO4/c24-17-6-5-14-11-20(25)18(10-16(14)9-17)21(26)23-8-7-22(13-23)19-4-2-1-3-15(19)12-27-22/h1-6,9-11,24-25H,7-8,12-13H2/t22-/m0/s1. The number of rotatable bonds is 1. The van der Waals surface area contributed by atoms with Crippen LogP contribution in [0.2, 0.25) is 0 Å². The van der Waals surface area contributed by atoms with E-state index in [1.54, 1.807) is 35.2 Å². The fraction of sp³-hybridized carbons (Fsp3) is 0.227. The maximum atomic E-state index is 13.1. The Morgan fingerprint density at radius 2 is 1.89 bits per heavy atom. The minimum Gasteiger partial charge on any atom is -0.508 e. The van der Waals surface area contributed by atoms with Crippen molar-refractivity contribution in [2.24, 2.45) is 0 Å². The molecule has 1 fully saturated rings. The second-order valence-electron chi connectivity index (χ2n) is 7.32. The van der Waals surface area contributed by atoms with Crippen molar-refractivity contribution in [1.82, 2.24) is 4.90 Å². The maximum Gasteiger partial charge on any atom is 0.257 e. The van der Waals surface area contributed by atoms with Crippen LogP contribution >= 0.6 is 0 Å². The molecule has 2 aliphatic rings. The molecule has 2 aliphatic heterocycles. The summed E-state index contributed by atoms with van der Waals surface area (Å²) in [6.07, 6.45) is 0.741. The first-order valence-corrected chi connectivity index (χ1v) is 9.03. The Balaban J connectivity index is 1.47. The summed E-state index contributed by atoms with van der Waals surface area (Å²) in [7, 11) is 0. The largest absolute Gasteiger partial charge is 0.508 e. The van der Waals surface area contributed by atoms with Gasteiger partial charge >= 0.3 is 0 Å². The van der Waals surface area contributed by atoms with Crippen LogP contribution in [0.4, 0.5) is 0 Å². The van der Waals surface area contributed by atoms with E-state index < -0.39 is 5.60 Å². The molecule has 27 heavy (non-hydrogen) atoms. The minimum absolute atomic E-state index is 0.0492. The van der Waals surface area contributed by atoms with E-state index in [2.05, 4.69) is 12.1 Å². The second kappa shape index (κ2) is 5.72. The summed E-state index contributed by atoms with van der Waals surface area (Å²) in [6, 6.07) is 16.2. The molecule has 3 aromatic rings. The first kappa shape index (κ1) is 16.1. The zero-order valence-electron chi connectivity index (χ0n) is 14.7. The molecule has 136 valence electrons. The lowest BCUT2D eigenvalue weighted by molar-refractivity contribution is -0.0283. The average molecular weight is 361 g/mol. The molecule has 0 aliphatic carbocycles. The number of aromatic hydroxyl groups is 2. The average Bonchev–Trinajstić information content (AvgIpc) is 3.27. The lowest BCUT2D eigenvalue weighted by Gasteiger charge is -2.25. The van der Waals surface area contributed by atoms with E-state index in [4.69, 9.17) is 4.74 Å². The number of phenolic OH excluding ortho intramolecular Hbond substituents is 2. The SMILES string of the molecule is O=C(c1cc2cc(O)ccc2cc1O)N1CC[C@@]2(C1)OCc1ccccc12. The van der Waals surface area contributed by atoms with Gasteiger partial charge in [0.25, 0.3) is 5.91 Å². The second-order valence-corrected chi connectivity index (χ2v) is 7.32. The number of carbonyl (C=O) groups is 1. The number of hydrogen-bond acceptors (Lipinski definition) is 4. The number of benzene rings is 3. The molecule has 0 radical (unpaired) electrons. The van der Waals surface area contributed by atoms with Gasteiger partial charge in [0.15, 0.2) is 0 Å². The molecule has 1 saturated heterocycles. The number of fused-ring (bicyclic) bond motifs is 3. The topological polar surface area (TPSA) is 70.0 Å². The van der Waals surface area contributed by atoms with Gasteiger partial charge in [-0.15, -0.1) is 0 Å². The third-order valence-electron chi connectivity index (χ3n) is 5.70. The van der Waals surface area contributed by atoms with E-state index >= 15 is 0 Å². The Bertz CT molecular complexity index is 1080. The van der Waals surface area contributed by atoms with Gasteiger partial charge in [0.05, 0.1) is 18.7 Å². The van der Waals surface area contributed by atoms with Crippen LogP contribution in [0.1, 0.15) is 27.9 Å². The fourth-order valence-electron chi connectivity index (χ4n) is 4.29. The molecule has 0 saturated carbocycles. The highest BCUT2D eigenvalue weighted by Crippen LogP contribution is 2.44. The first-order chi connectivity index (χ1) is 13.1. The van der Waals surface area contributed by atoms with Crippen LogP contribution < -0.4 is 0 Å². The van der Waals surface area contributed by atoms with Crippen LogP contribution in [0, 0.1) is 0 Å². The number of phenols is 2. The number of amides is 1. The predicted octanol–water partition coefficient (Wildman–Crippen LogP) is 3.52. The normalized spacial score (nSPS) is 21.1. The highest BCUT2D eigenvalue weighted by Gasteiger charge is 2.47. The summed E-state index contributed by atoms with van der Waals surface area (Å²) < 4.78 is 6.11. The lowest BCUT2D eigenvalue weighted by atomic mass is 9.92. The van der Waals surface area contributed by atoms with Gasteiger partial charge in [0, 0.05) is 6.54 Å².